The number of benzene rings is 1. The van der Waals surface area contributed by atoms with Crippen LogP contribution in [0.4, 0.5) is 0 Å². The van der Waals surface area contributed by atoms with E-state index in [1.807, 2.05) is 24.3 Å². The van der Waals surface area contributed by atoms with Gasteiger partial charge in [0.2, 0.25) is 0 Å². The summed E-state index contributed by atoms with van der Waals surface area (Å²) in [6.07, 6.45) is 1.64. The molecule has 0 spiro atoms. The van der Waals surface area contributed by atoms with E-state index >= 15 is 0 Å². The lowest BCUT2D eigenvalue weighted by molar-refractivity contribution is 0.109. The van der Waals surface area contributed by atoms with Crippen LogP contribution in [0.2, 0.25) is 0 Å². The van der Waals surface area contributed by atoms with Crippen LogP contribution in [0.3, 0.4) is 0 Å². The van der Waals surface area contributed by atoms with Gasteiger partial charge >= 0.3 is 0 Å². The highest BCUT2D eigenvalue weighted by atomic mass is 79.9. The van der Waals surface area contributed by atoms with Gasteiger partial charge in [0.25, 0.3) is 0 Å². The van der Waals surface area contributed by atoms with Crippen molar-refractivity contribution in [3.63, 3.8) is 0 Å². The van der Waals surface area contributed by atoms with Crippen molar-refractivity contribution in [2.24, 2.45) is 0 Å². The van der Waals surface area contributed by atoms with Gasteiger partial charge in [-0.25, -0.2) is 0 Å². The lowest BCUT2D eigenvalue weighted by atomic mass is 10.1. The molecule has 86 valence electrons. The van der Waals surface area contributed by atoms with Gasteiger partial charge < -0.3 is 9.47 Å². The van der Waals surface area contributed by atoms with Gasteiger partial charge in [-0.3, -0.25) is 0 Å². The van der Waals surface area contributed by atoms with Gasteiger partial charge in [0, 0.05) is 4.48 Å². The summed E-state index contributed by atoms with van der Waals surface area (Å²) in [5.41, 5.74) is 1.05. The Morgan fingerprint density at radius 1 is 1.44 bits per heavy atom. The molecule has 0 amide bonds. The molecular weight excluding hydrogens is 268 g/mol. The molecular formula is C13H15BrO2. The van der Waals surface area contributed by atoms with Gasteiger partial charge in [-0.15, -0.1) is 6.58 Å². The predicted octanol–water partition coefficient (Wildman–Crippen LogP) is 3.85. The van der Waals surface area contributed by atoms with E-state index in [0.717, 1.165) is 15.8 Å². The molecule has 0 aromatic heterocycles. The Bertz CT molecular complexity index is 357. The van der Waals surface area contributed by atoms with E-state index in [0.29, 0.717) is 6.61 Å². The summed E-state index contributed by atoms with van der Waals surface area (Å²) < 4.78 is 11.5. The lowest BCUT2D eigenvalue weighted by Gasteiger charge is -2.14. The summed E-state index contributed by atoms with van der Waals surface area (Å²) in [4.78, 5) is 0. The summed E-state index contributed by atoms with van der Waals surface area (Å²) in [5.74, 6) is 0.830. The van der Waals surface area contributed by atoms with E-state index in [2.05, 4.69) is 29.1 Å². The molecule has 0 fully saturated rings. The highest BCUT2D eigenvalue weighted by molar-refractivity contribution is 9.11. The van der Waals surface area contributed by atoms with Gasteiger partial charge in [0.1, 0.15) is 11.9 Å². The van der Waals surface area contributed by atoms with E-state index in [1.54, 1.807) is 13.2 Å². The van der Waals surface area contributed by atoms with Crippen LogP contribution in [0.15, 0.2) is 48.0 Å². The molecule has 16 heavy (non-hydrogen) atoms. The summed E-state index contributed by atoms with van der Waals surface area (Å²) in [6.45, 7) is 7.94. The number of rotatable bonds is 6. The molecule has 0 aliphatic heterocycles. The predicted molar refractivity (Wildman–Crippen MR) is 70.0 cm³/mol. The first-order valence-corrected chi connectivity index (χ1v) is 5.68. The standard InChI is InChI=1S/C13H15BrO2/c1-4-13(16-9-10(2)14)11-5-7-12(15-3)8-6-11/h4-8,13H,1-2,9H2,3H3. The molecule has 0 saturated heterocycles. The van der Waals surface area contributed by atoms with Crippen molar-refractivity contribution in [3.8, 4) is 5.75 Å². The van der Waals surface area contributed by atoms with E-state index in [9.17, 15) is 0 Å². The van der Waals surface area contributed by atoms with Crippen LogP contribution >= 0.6 is 15.9 Å². The van der Waals surface area contributed by atoms with Crippen molar-refractivity contribution in [1.29, 1.82) is 0 Å². The molecule has 1 aromatic carbocycles. The molecule has 3 heteroatoms. The number of methoxy groups -OCH3 is 1. The van der Waals surface area contributed by atoms with Crippen molar-refractivity contribution in [2.75, 3.05) is 13.7 Å². The zero-order valence-electron chi connectivity index (χ0n) is 9.28. The van der Waals surface area contributed by atoms with Crippen LogP contribution in [-0.4, -0.2) is 13.7 Å². The first kappa shape index (κ1) is 13.0. The van der Waals surface area contributed by atoms with Crippen LogP contribution < -0.4 is 4.74 Å². The Morgan fingerprint density at radius 2 is 2.06 bits per heavy atom. The highest BCUT2D eigenvalue weighted by Gasteiger charge is 2.07. The number of ether oxygens (including phenoxy) is 2. The molecule has 0 bridgehead atoms. The Labute approximate surface area is 105 Å². The maximum Gasteiger partial charge on any atom is 0.118 e. The van der Waals surface area contributed by atoms with Crippen LogP contribution in [-0.2, 0) is 4.74 Å². The second-order valence-corrected chi connectivity index (χ2v) is 4.38. The first-order valence-electron chi connectivity index (χ1n) is 4.88. The Hall–Kier alpha value is -1.06. The topological polar surface area (TPSA) is 18.5 Å². The number of halogens is 1. The monoisotopic (exact) mass is 282 g/mol. The number of hydrogen-bond acceptors (Lipinski definition) is 2. The fourth-order valence-electron chi connectivity index (χ4n) is 1.27. The maximum absolute atomic E-state index is 5.61. The Kier molecular flexibility index (Phi) is 5.29. The third kappa shape index (κ3) is 3.83. The number of hydrogen-bond donors (Lipinski definition) is 0. The van der Waals surface area contributed by atoms with Crippen molar-refractivity contribution in [2.45, 2.75) is 6.10 Å². The minimum atomic E-state index is -0.125. The zero-order chi connectivity index (χ0) is 12.0. The van der Waals surface area contributed by atoms with Crippen LogP contribution in [0.25, 0.3) is 0 Å². The third-order valence-electron chi connectivity index (χ3n) is 2.08. The quantitative estimate of drug-likeness (QED) is 0.738. The second-order valence-electron chi connectivity index (χ2n) is 3.26. The summed E-state index contributed by atoms with van der Waals surface area (Å²) in [6, 6.07) is 7.72. The first-order chi connectivity index (χ1) is 7.67. The van der Waals surface area contributed by atoms with Gasteiger partial charge in [-0.1, -0.05) is 40.7 Å². The van der Waals surface area contributed by atoms with E-state index in [4.69, 9.17) is 9.47 Å². The SMILES string of the molecule is C=CC(OCC(=C)Br)c1ccc(OC)cc1. The van der Waals surface area contributed by atoms with Crippen molar-refractivity contribution in [1.82, 2.24) is 0 Å². The van der Waals surface area contributed by atoms with E-state index < -0.39 is 0 Å². The molecule has 0 saturated carbocycles. The van der Waals surface area contributed by atoms with Crippen molar-refractivity contribution < 1.29 is 9.47 Å². The molecule has 1 rings (SSSR count). The molecule has 0 radical (unpaired) electrons. The summed E-state index contributed by atoms with van der Waals surface area (Å²) >= 11 is 3.25. The summed E-state index contributed by atoms with van der Waals surface area (Å²) in [5, 5.41) is 0. The van der Waals surface area contributed by atoms with Crippen LogP contribution in [0, 0.1) is 0 Å². The largest absolute Gasteiger partial charge is 0.497 e. The molecule has 1 aromatic rings. The molecule has 0 heterocycles. The average molecular weight is 283 g/mol. The average Bonchev–Trinajstić information content (AvgIpc) is 2.30. The zero-order valence-corrected chi connectivity index (χ0v) is 10.9. The molecule has 2 nitrogen and oxygen atoms in total. The molecule has 0 N–H and O–H groups in total. The van der Waals surface area contributed by atoms with Crippen molar-refractivity contribution in [3.05, 3.63) is 53.5 Å². The molecule has 0 aliphatic carbocycles. The van der Waals surface area contributed by atoms with E-state index in [-0.39, 0.29) is 6.10 Å². The van der Waals surface area contributed by atoms with Gasteiger partial charge in [-0.05, 0) is 17.7 Å². The minimum Gasteiger partial charge on any atom is -0.497 e. The summed E-state index contributed by atoms with van der Waals surface area (Å²) in [7, 11) is 1.64. The minimum absolute atomic E-state index is 0.125. The van der Waals surface area contributed by atoms with E-state index in [1.165, 1.54) is 0 Å². The highest BCUT2D eigenvalue weighted by Crippen LogP contribution is 2.22. The normalized spacial score (nSPS) is 11.9. The molecule has 0 aliphatic rings. The van der Waals surface area contributed by atoms with Crippen LogP contribution in [0.1, 0.15) is 11.7 Å². The van der Waals surface area contributed by atoms with Crippen LogP contribution in [0.5, 0.6) is 5.75 Å². The lowest BCUT2D eigenvalue weighted by Crippen LogP contribution is -2.02. The third-order valence-corrected chi connectivity index (χ3v) is 2.31. The van der Waals surface area contributed by atoms with Gasteiger partial charge in [-0.2, -0.15) is 0 Å². The van der Waals surface area contributed by atoms with Crippen molar-refractivity contribution >= 4 is 15.9 Å². The fraction of sp³-hybridized carbons (Fsp3) is 0.231. The van der Waals surface area contributed by atoms with Gasteiger partial charge in [0.05, 0.1) is 13.7 Å². The Balaban J connectivity index is 2.70. The molecule has 1 unspecified atom stereocenters. The smallest absolute Gasteiger partial charge is 0.118 e. The maximum atomic E-state index is 5.61. The fourth-order valence-corrected chi connectivity index (χ4v) is 1.41. The Morgan fingerprint density at radius 3 is 2.50 bits per heavy atom. The second kappa shape index (κ2) is 6.51. The van der Waals surface area contributed by atoms with Gasteiger partial charge in [0.15, 0.2) is 0 Å². The molecule has 1 atom stereocenters.